The summed E-state index contributed by atoms with van der Waals surface area (Å²) in [5.41, 5.74) is 0.0852. The zero-order chi connectivity index (χ0) is 15.2. The van der Waals surface area contributed by atoms with Crippen LogP contribution in [0.25, 0.3) is 0 Å². The molecule has 0 spiro atoms. The molecule has 112 valence electrons. The number of hydrogen-bond acceptors (Lipinski definition) is 5. The Morgan fingerprint density at radius 1 is 1.30 bits per heavy atom. The van der Waals surface area contributed by atoms with Gasteiger partial charge >= 0.3 is 5.97 Å². The number of aromatic carboxylic acids is 1. The van der Waals surface area contributed by atoms with E-state index < -0.39 is 15.8 Å². The summed E-state index contributed by atoms with van der Waals surface area (Å²) in [6.07, 6.45) is 0.344. The first-order valence-electron chi connectivity index (χ1n) is 6.14. The minimum atomic E-state index is -3.02. The molecular formula is C13H18O6S. The van der Waals surface area contributed by atoms with E-state index in [4.69, 9.17) is 14.6 Å². The minimum absolute atomic E-state index is 0.0461. The molecule has 1 N–H and O–H groups in total. The maximum absolute atomic E-state index is 11.3. The van der Waals surface area contributed by atoms with E-state index in [1.807, 2.05) is 0 Å². The number of ether oxygens (including phenoxy) is 2. The summed E-state index contributed by atoms with van der Waals surface area (Å²) in [4.78, 5) is 10.9. The number of hydrogen-bond donors (Lipinski definition) is 1. The molecule has 0 saturated heterocycles. The maximum atomic E-state index is 11.3. The predicted octanol–water partition coefficient (Wildman–Crippen LogP) is 1.60. The summed E-state index contributed by atoms with van der Waals surface area (Å²) in [5.74, 6) is -0.212. The van der Waals surface area contributed by atoms with Gasteiger partial charge in [0, 0.05) is 5.75 Å². The summed E-state index contributed by atoms with van der Waals surface area (Å²) >= 11 is 0. The van der Waals surface area contributed by atoms with E-state index in [2.05, 4.69) is 0 Å². The van der Waals surface area contributed by atoms with Crippen molar-refractivity contribution < 1.29 is 27.8 Å². The van der Waals surface area contributed by atoms with Gasteiger partial charge in [0.15, 0.2) is 11.5 Å². The van der Waals surface area contributed by atoms with Crippen LogP contribution in [0.15, 0.2) is 18.2 Å². The predicted molar refractivity (Wildman–Crippen MR) is 74.4 cm³/mol. The summed E-state index contributed by atoms with van der Waals surface area (Å²) in [6, 6.07) is 4.27. The fourth-order valence-corrected chi connectivity index (χ4v) is 2.37. The fraction of sp³-hybridized carbons (Fsp3) is 0.462. The third kappa shape index (κ3) is 4.73. The number of carboxylic acid groups (broad SMARTS) is 1. The second-order valence-electron chi connectivity index (χ2n) is 4.11. The van der Waals surface area contributed by atoms with Crippen molar-refractivity contribution in [3.05, 3.63) is 23.8 Å². The molecule has 0 aliphatic heterocycles. The van der Waals surface area contributed by atoms with Crippen LogP contribution in [-0.2, 0) is 9.84 Å². The molecule has 0 heterocycles. The Kier molecular flexibility index (Phi) is 5.82. The Morgan fingerprint density at radius 3 is 2.55 bits per heavy atom. The molecule has 0 radical (unpaired) electrons. The highest BCUT2D eigenvalue weighted by molar-refractivity contribution is 7.91. The lowest BCUT2D eigenvalue weighted by molar-refractivity contribution is 0.0696. The highest BCUT2D eigenvalue weighted by Crippen LogP contribution is 2.28. The number of carboxylic acids is 1. The molecule has 0 bridgehead atoms. The number of rotatable bonds is 8. The van der Waals surface area contributed by atoms with Gasteiger partial charge in [0.1, 0.15) is 9.84 Å². The van der Waals surface area contributed by atoms with Gasteiger partial charge in [-0.05, 0) is 24.6 Å². The first kappa shape index (κ1) is 16.3. The molecule has 0 amide bonds. The zero-order valence-electron chi connectivity index (χ0n) is 11.5. The van der Waals surface area contributed by atoms with Gasteiger partial charge in [0.2, 0.25) is 0 Å². The number of carbonyl (C=O) groups is 1. The molecule has 7 heteroatoms. The first-order chi connectivity index (χ1) is 9.39. The Labute approximate surface area is 118 Å². The van der Waals surface area contributed by atoms with Gasteiger partial charge in [-0.15, -0.1) is 0 Å². The standard InChI is InChI=1S/C13H18O6S/c1-3-20(16,17)8-4-7-19-12-9-10(13(14)15)5-6-11(12)18-2/h5-6,9H,3-4,7-8H2,1-2H3,(H,14,15). The smallest absolute Gasteiger partial charge is 0.335 e. The van der Waals surface area contributed by atoms with Crippen molar-refractivity contribution in [2.24, 2.45) is 0 Å². The molecule has 0 aliphatic carbocycles. The van der Waals surface area contributed by atoms with Crippen LogP contribution in [0, 0.1) is 0 Å². The second kappa shape index (κ2) is 7.14. The highest BCUT2D eigenvalue weighted by atomic mass is 32.2. The molecule has 1 aromatic rings. The minimum Gasteiger partial charge on any atom is -0.493 e. The zero-order valence-corrected chi connectivity index (χ0v) is 12.3. The van der Waals surface area contributed by atoms with Gasteiger partial charge in [-0.3, -0.25) is 0 Å². The number of sulfone groups is 1. The van der Waals surface area contributed by atoms with Gasteiger partial charge in [-0.2, -0.15) is 0 Å². The maximum Gasteiger partial charge on any atom is 0.335 e. The molecule has 6 nitrogen and oxygen atoms in total. The second-order valence-corrected chi connectivity index (χ2v) is 6.58. The van der Waals surface area contributed by atoms with E-state index in [0.29, 0.717) is 17.9 Å². The number of methoxy groups -OCH3 is 1. The molecule has 0 saturated carbocycles. The van der Waals surface area contributed by atoms with E-state index in [9.17, 15) is 13.2 Å². The van der Waals surface area contributed by atoms with Crippen LogP contribution in [0.4, 0.5) is 0 Å². The summed E-state index contributed by atoms with van der Waals surface area (Å²) in [5, 5.41) is 8.91. The lowest BCUT2D eigenvalue weighted by Gasteiger charge is -2.11. The largest absolute Gasteiger partial charge is 0.493 e. The van der Waals surface area contributed by atoms with E-state index in [0.717, 1.165) is 0 Å². The van der Waals surface area contributed by atoms with Crippen LogP contribution in [0.2, 0.25) is 0 Å². The summed E-state index contributed by atoms with van der Waals surface area (Å²) in [6.45, 7) is 1.77. The SMILES string of the molecule is CCS(=O)(=O)CCCOc1cc(C(=O)O)ccc1OC. The quantitative estimate of drug-likeness (QED) is 0.734. The van der Waals surface area contributed by atoms with Crippen LogP contribution >= 0.6 is 0 Å². The molecule has 0 aromatic heterocycles. The third-order valence-corrected chi connectivity index (χ3v) is 4.50. The highest BCUT2D eigenvalue weighted by Gasteiger charge is 2.11. The van der Waals surface area contributed by atoms with Gasteiger partial charge < -0.3 is 14.6 Å². The molecule has 0 aliphatic rings. The topological polar surface area (TPSA) is 89.9 Å². The van der Waals surface area contributed by atoms with Gasteiger partial charge in [-0.25, -0.2) is 13.2 Å². The van der Waals surface area contributed by atoms with Crippen LogP contribution in [0.1, 0.15) is 23.7 Å². The Bertz CT molecular complexity index is 564. The lowest BCUT2D eigenvalue weighted by atomic mass is 10.2. The molecule has 1 aromatic carbocycles. The first-order valence-corrected chi connectivity index (χ1v) is 7.96. The van der Waals surface area contributed by atoms with E-state index in [-0.39, 0.29) is 23.7 Å². The fourth-order valence-electron chi connectivity index (χ4n) is 1.53. The van der Waals surface area contributed by atoms with E-state index >= 15 is 0 Å². The van der Waals surface area contributed by atoms with Crippen molar-refractivity contribution in [3.63, 3.8) is 0 Å². The van der Waals surface area contributed by atoms with Crippen LogP contribution < -0.4 is 9.47 Å². The van der Waals surface area contributed by atoms with Crippen LogP contribution in [0.5, 0.6) is 11.5 Å². The van der Waals surface area contributed by atoms with E-state index in [1.54, 1.807) is 6.92 Å². The third-order valence-electron chi connectivity index (χ3n) is 2.71. The average molecular weight is 302 g/mol. The molecule has 0 fully saturated rings. The lowest BCUT2D eigenvalue weighted by Crippen LogP contribution is -2.12. The van der Waals surface area contributed by atoms with Gasteiger partial charge in [-0.1, -0.05) is 6.92 Å². The summed E-state index contributed by atoms with van der Waals surface area (Å²) in [7, 11) is -1.57. The van der Waals surface area contributed by atoms with Crippen molar-refractivity contribution in [1.29, 1.82) is 0 Å². The molecule has 0 atom stereocenters. The van der Waals surface area contributed by atoms with Crippen molar-refractivity contribution in [2.75, 3.05) is 25.2 Å². The Hall–Kier alpha value is -1.76. The molecule has 20 heavy (non-hydrogen) atoms. The summed E-state index contributed by atoms with van der Waals surface area (Å²) < 4.78 is 33.1. The van der Waals surface area contributed by atoms with Crippen molar-refractivity contribution in [3.8, 4) is 11.5 Å². The Balaban J connectivity index is 2.67. The van der Waals surface area contributed by atoms with Crippen molar-refractivity contribution >= 4 is 15.8 Å². The van der Waals surface area contributed by atoms with Crippen molar-refractivity contribution in [2.45, 2.75) is 13.3 Å². The van der Waals surface area contributed by atoms with E-state index in [1.165, 1.54) is 25.3 Å². The van der Waals surface area contributed by atoms with Gasteiger partial charge in [0.25, 0.3) is 0 Å². The molecule has 1 rings (SSSR count). The van der Waals surface area contributed by atoms with Gasteiger partial charge in [0.05, 0.1) is 25.0 Å². The van der Waals surface area contributed by atoms with Crippen LogP contribution in [-0.4, -0.2) is 44.7 Å². The monoisotopic (exact) mass is 302 g/mol. The normalized spacial score (nSPS) is 11.1. The molecular weight excluding hydrogens is 284 g/mol. The molecule has 0 unspecified atom stereocenters. The van der Waals surface area contributed by atoms with Crippen molar-refractivity contribution in [1.82, 2.24) is 0 Å². The Morgan fingerprint density at radius 2 is 2.00 bits per heavy atom. The average Bonchev–Trinajstić information content (AvgIpc) is 2.43. The van der Waals surface area contributed by atoms with Crippen LogP contribution in [0.3, 0.4) is 0 Å². The number of benzene rings is 1.